The van der Waals surface area contributed by atoms with Gasteiger partial charge < -0.3 is 20.3 Å². The van der Waals surface area contributed by atoms with Gasteiger partial charge in [0.05, 0.1) is 6.10 Å². The molecule has 0 fully saturated rings. The first-order chi connectivity index (χ1) is 11.7. The summed E-state index contributed by atoms with van der Waals surface area (Å²) < 4.78 is 5.34. The van der Waals surface area contributed by atoms with Gasteiger partial charge in [-0.15, -0.1) is 0 Å². The van der Waals surface area contributed by atoms with E-state index in [0.29, 0.717) is 0 Å². The van der Waals surface area contributed by atoms with Crippen LogP contribution < -0.4 is 5.32 Å². The van der Waals surface area contributed by atoms with E-state index in [-0.39, 0.29) is 32.1 Å². The lowest BCUT2D eigenvalue weighted by Crippen LogP contribution is -2.33. The van der Waals surface area contributed by atoms with Crippen LogP contribution in [0, 0.1) is 0 Å². The van der Waals surface area contributed by atoms with Crippen molar-refractivity contribution in [3.8, 4) is 11.1 Å². The van der Waals surface area contributed by atoms with Gasteiger partial charge in [-0.05, 0) is 28.7 Å². The smallest absolute Gasteiger partial charge is 0.407 e. The van der Waals surface area contributed by atoms with Crippen LogP contribution in [0.3, 0.4) is 0 Å². The maximum atomic E-state index is 11.8. The van der Waals surface area contributed by atoms with Gasteiger partial charge >= 0.3 is 6.09 Å². The normalized spacial score (nSPS) is 13.9. The lowest BCUT2D eigenvalue weighted by Gasteiger charge is -2.15. The Morgan fingerprint density at radius 2 is 1.67 bits per heavy atom. The summed E-state index contributed by atoms with van der Waals surface area (Å²) in [7, 11) is 0. The van der Waals surface area contributed by atoms with E-state index in [2.05, 4.69) is 29.6 Å². The molecule has 1 amide bonds. The molecule has 1 aliphatic rings. The number of fused-ring (bicyclic) bond motifs is 3. The number of alkyl carbamates (subject to hydrolysis) is 1. The van der Waals surface area contributed by atoms with Gasteiger partial charge in [-0.25, -0.2) is 4.79 Å². The van der Waals surface area contributed by atoms with Crippen LogP contribution >= 0.6 is 0 Å². The summed E-state index contributed by atoms with van der Waals surface area (Å²) in [5.41, 5.74) is 4.68. The predicted molar refractivity (Wildman–Crippen MR) is 90.8 cm³/mol. The van der Waals surface area contributed by atoms with Gasteiger partial charge in [-0.3, -0.25) is 0 Å². The molecule has 0 saturated carbocycles. The second-order valence-corrected chi connectivity index (χ2v) is 5.87. The molecular weight excluding hydrogens is 306 g/mol. The molecular formula is C19H21NO4. The van der Waals surface area contributed by atoms with Crippen molar-refractivity contribution in [2.75, 3.05) is 19.8 Å². The summed E-state index contributed by atoms with van der Waals surface area (Å²) in [4.78, 5) is 11.8. The molecule has 3 rings (SSSR count). The van der Waals surface area contributed by atoms with Crippen molar-refractivity contribution in [1.82, 2.24) is 5.32 Å². The minimum atomic E-state index is -0.768. The predicted octanol–water partition coefficient (Wildman–Crippen LogP) is 2.27. The van der Waals surface area contributed by atoms with Gasteiger partial charge in [-0.1, -0.05) is 48.5 Å². The standard InChI is InChI=1S/C19H21NO4/c21-10-9-13(22)11-20-19(23)24-12-18-16-7-3-1-5-14(16)15-6-2-4-8-17(15)18/h1-8,13,18,21-22H,9-12H2,(H,20,23)/t13-/m0/s1. The number of carbonyl (C=O) groups excluding carboxylic acids is 1. The highest BCUT2D eigenvalue weighted by atomic mass is 16.5. The van der Waals surface area contributed by atoms with Gasteiger partial charge in [0.15, 0.2) is 0 Å². The summed E-state index contributed by atoms with van der Waals surface area (Å²) in [6.07, 6.45) is -1.10. The fourth-order valence-electron chi connectivity index (χ4n) is 3.10. The van der Waals surface area contributed by atoms with E-state index in [0.717, 1.165) is 11.1 Å². The number of aliphatic hydroxyl groups is 2. The third kappa shape index (κ3) is 3.42. The van der Waals surface area contributed by atoms with Crippen LogP contribution in [0.4, 0.5) is 4.79 Å². The number of hydrogen-bond acceptors (Lipinski definition) is 4. The highest BCUT2D eigenvalue weighted by Crippen LogP contribution is 2.44. The van der Waals surface area contributed by atoms with Crippen molar-refractivity contribution in [2.45, 2.75) is 18.4 Å². The molecule has 0 spiro atoms. The molecule has 0 unspecified atom stereocenters. The molecule has 5 nitrogen and oxygen atoms in total. The second kappa shape index (κ2) is 7.47. The Morgan fingerprint density at radius 1 is 1.08 bits per heavy atom. The highest BCUT2D eigenvalue weighted by Gasteiger charge is 2.28. The minimum Gasteiger partial charge on any atom is -0.449 e. The van der Waals surface area contributed by atoms with E-state index in [1.165, 1.54) is 11.1 Å². The number of amides is 1. The van der Waals surface area contributed by atoms with Crippen molar-refractivity contribution in [3.05, 3.63) is 59.7 Å². The number of aliphatic hydroxyl groups excluding tert-OH is 2. The molecule has 3 N–H and O–H groups in total. The topological polar surface area (TPSA) is 78.8 Å². The molecule has 0 heterocycles. The van der Waals surface area contributed by atoms with Crippen molar-refractivity contribution in [1.29, 1.82) is 0 Å². The molecule has 24 heavy (non-hydrogen) atoms. The van der Waals surface area contributed by atoms with Gasteiger partial charge in [0.2, 0.25) is 0 Å². The molecule has 2 aromatic carbocycles. The third-order valence-corrected chi connectivity index (χ3v) is 4.29. The zero-order valence-electron chi connectivity index (χ0n) is 13.3. The lowest BCUT2D eigenvalue weighted by molar-refractivity contribution is 0.114. The zero-order valence-corrected chi connectivity index (χ0v) is 13.3. The van der Waals surface area contributed by atoms with Crippen LogP contribution in [0.2, 0.25) is 0 Å². The Balaban J connectivity index is 1.64. The number of carbonyl (C=O) groups is 1. The van der Waals surface area contributed by atoms with E-state index in [1.54, 1.807) is 0 Å². The largest absolute Gasteiger partial charge is 0.449 e. The Hall–Kier alpha value is -2.37. The number of hydrogen-bond donors (Lipinski definition) is 3. The van der Waals surface area contributed by atoms with Gasteiger partial charge in [0.1, 0.15) is 6.61 Å². The lowest BCUT2D eigenvalue weighted by atomic mass is 9.98. The molecule has 5 heteroatoms. The van der Waals surface area contributed by atoms with Crippen molar-refractivity contribution >= 4 is 6.09 Å². The number of ether oxygens (including phenoxy) is 1. The van der Waals surface area contributed by atoms with Gasteiger partial charge in [0, 0.05) is 19.1 Å². The molecule has 0 radical (unpaired) electrons. The summed E-state index contributed by atoms with van der Waals surface area (Å²) in [6, 6.07) is 16.3. The fourth-order valence-corrected chi connectivity index (χ4v) is 3.10. The summed E-state index contributed by atoms with van der Waals surface area (Å²) in [6.45, 7) is 0.195. The Labute approximate surface area is 140 Å². The molecule has 0 aliphatic heterocycles. The maximum Gasteiger partial charge on any atom is 0.407 e. The van der Waals surface area contributed by atoms with Crippen LogP contribution in [-0.4, -0.2) is 42.2 Å². The zero-order chi connectivity index (χ0) is 16.9. The van der Waals surface area contributed by atoms with Crippen molar-refractivity contribution in [2.24, 2.45) is 0 Å². The molecule has 2 aromatic rings. The summed E-state index contributed by atoms with van der Waals surface area (Å²) >= 11 is 0. The van der Waals surface area contributed by atoms with Crippen LogP contribution in [-0.2, 0) is 4.74 Å². The van der Waals surface area contributed by atoms with E-state index in [4.69, 9.17) is 9.84 Å². The molecule has 1 aliphatic carbocycles. The van der Waals surface area contributed by atoms with Crippen LogP contribution in [0.1, 0.15) is 23.5 Å². The first-order valence-corrected chi connectivity index (χ1v) is 8.08. The van der Waals surface area contributed by atoms with Crippen molar-refractivity contribution in [3.63, 3.8) is 0 Å². The van der Waals surface area contributed by atoms with Gasteiger partial charge in [-0.2, -0.15) is 0 Å². The van der Waals surface area contributed by atoms with Crippen LogP contribution in [0.5, 0.6) is 0 Å². The maximum absolute atomic E-state index is 11.8. The SMILES string of the molecule is O=C(NC[C@@H](O)CCO)OCC1c2ccccc2-c2ccccc21. The second-order valence-electron chi connectivity index (χ2n) is 5.87. The van der Waals surface area contributed by atoms with E-state index >= 15 is 0 Å². The van der Waals surface area contributed by atoms with Crippen molar-refractivity contribution < 1.29 is 19.7 Å². The Bertz CT molecular complexity index is 671. The third-order valence-electron chi connectivity index (χ3n) is 4.29. The average molecular weight is 327 g/mol. The number of benzene rings is 2. The van der Waals surface area contributed by atoms with E-state index in [9.17, 15) is 9.90 Å². The Morgan fingerprint density at radius 3 is 2.25 bits per heavy atom. The molecule has 0 saturated heterocycles. The minimum absolute atomic E-state index is 0.0190. The molecule has 126 valence electrons. The first kappa shape index (κ1) is 16.5. The van der Waals surface area contributed by atoms with E-state index < -0.39 is 12.2 Å². The summed E-state index contributed by atoms with van der Waals surface area (Å²) in [5, 5.41) is 20.8. The van der Waals surface area contributed by atoms with Gasteiger partial charge in [0.25, 0.3) is 0 Å². The molecule has 0 aromatic heterocycles. The number of nitrogens with one attached hydrogen (secondary N) is 1. The first-order valence-electron chi connectivity index (χ1n) is 8.08. The number of rotatable bonds is 6. The molecule has 1 atom stereocenters. The fraction of sp³-hybridized carbons (Fsp3) is 0.316. The quantitative estimate of drug-likeness (QED) is 0.760. The van der Waals surface area contributed by atoms with Crippen LogP contribution in [0.15, 0.2) is 48.5 Å². The van der Waals surface area contributed by atoms with Crippen LogP contribution in [0.25, 0.3) is 11.1 Å². The highest BCUT2D eigenvalue weighted by molar-refractivity contribution is 5.79. The summed E-state index contributed by atoms with van der Waals surface area (Å²) in [5.74, 6) is 0.0190. The average Bonchev–Trinajstić information content (AvgIpc) is 2.92. The molecule has 0 bridgehead atoms. The monoisotopic (exact) mass is 327 g/mol. The van der Waals surface area contributed by atoms with E-state index in [1.807, 2.05) is 24.3 Å². The Kier molecular flexibility index (Phi) is 5.13.